The number of hydroxylamine groups is 1. The van der Waals surface area contributed by atoms with Crippen molar-refractivity contribution in [1.82, 2.24) is 24.8 Å². The SMILES string of the molecule is C=CC(=O)Nc1cc(Nc2cc(N3OCCC3c3ccc(C)nc3)ncn2)c(OC)cc1N1CCC(N2CCN(C3CC3)CC2)CC1. The van der Waals surface area contributed by atoms with Gasteiger partial charge in [-0.05, 0) is 56.4 Å². The van der Waals surface area contributed by atoms with Crippen molar-refractivity contribution in [2.45, 2.75) is 57.2 Å². The number of nitrogens with one attached hydrogen (secondary N) is 2. The molecule has 4 aliphatic rings. The second-order valence-electron chi connectivity index (χ2n) is 12.9. The Hall–Kier alpha value is -4.26. The van der Waals surface area contributed by atoms with Crippen LogP contribution < -0.4 is 25.3 Å². The van der Waals surface area contributed by atoms with Crippen LogP contribution in [0.25, 0.3) is 0 Å². The lowest BCUT2D eigenvalue weighted by Gasteiger charge is -2.43. The lowest BCUT2D eigenvalue weighted by atomic mass is 10.0. The van der Waals surface area contributed by atoms with Crippen LogP contribution in [-0.2, 0) is 9.63 Å². The number of anilines is 5. The van der Waals surface area contributed by atoms with Crippen molar-refractivity contribution in [2.24, 2.45) is 0 Å². The van der Waals surface area contributed by atoms with Crippen molar-refractivity contribution < 1.29 is 14.4 Å². The molecule has 2 N–H and O–H groups in total. The molecule has 12 nitrogen and oxygen atoms in total. The highest BCUT2D eigenvalue weighted by molar-refractivity contribution is 6.02. The van der Waals surface area contributed by atoms with Crippen molar-refractivity contribution in [3.8, 4) is 5.75 Å². The van der Waals surface area contributed by atoms with E-state index < -0.39 is 0 Å². The number of ether oxygens (including phenoxy) is 1. The third-order valence-corrected chi connectivity index (χ3v) is 9.86. The summed E-state index contributed by atoms with van der Waals surface area (Å²) in [5.74, 6) is 1.59. The number of pyridine rings is 1. The fourth-order valence-corrected chi connectivity index (χ4v) is 7.11. The van der Waals surface area contributed by atoms with Crippen molar-refractivity contribution in [3.63, 3.8) is 0 Å². The number of piperazine rings is 1. The molecule has 1 saturated carbocycles. The van der Waals surface area contributed by atoms with Crippen LogP contribution >= 0.6 is 0 Å². The molecule has 1 atom stereocenters. The van der Waals surface area contributed by atoms with Crippen LogP contribution in [0.1, 0.15) is 49.4 Å². The molecule has 1 unspecified atom stereocenters. The zero-order chi connectivity index (χ0) is 32.3. The highest BCUT2D eigenvalue weighted by atomic mass is 16.7. The minimum absolute atomic E-state index is 0.00289. The molecule has 0 radical (unpaired) electrons. The predicted molar refractivity (Wildman–Crippen MR) is 183 cm³/mol. The molecule has 7 rings (SSSR count). The normalized spacial score (nSPS) is 21.1. The largest absolute Gasteiger partial charge is 0.494 e. The van der Waals surface area contributed by atoms with Gasteiger partial charge in [0.15, 0.2) is 5.82 Å². The van der Waals surface area contributed by atoms with Gasteiger partial charge in [-0.15, -0.1) is 0 Å². The predicted octanol–water partition coefficient (Wildman–Crippen LogP) is 4.69. The molecule has 3 saturated heterocycles. The first-order chi connectivity index (χ1) is 23.0. The van der Waals surface area contributed by atoms with Crippen molar-refractivity contribution >= 4 is 34.6 Å². The van der Waals surface area contributed by atoms with Gasteiger partial charge in [0, 0.05) is 81.8 Å². The quantitative estimate of drug-likeness (QED) is 0.302. The van der Waals surface area contributed by atoms with Crippen molar-refractivity contribution in [1.29, 1.82) is 0 Å². The number of aromatic nitrogens is 3. The minimum atomic E-state index is -0.266. The summed E-state index contributed by atoms with van der Waals surface area (Å²) in [6.07, 6.45) is 10.5. The van der Waals surface area contributed by atoms with E-state index in [1.54, 1.807) is 7.11 Å². The third-order valence-electron chi connectivity index (χ3n) is 9.86. The summed E-state index contributed by atoms with van der Waals surface area (Å²) in [5, 5.41) is 8.26. The first-order valence-corrected chi connectivity index (χ1v) is 16.8. The van der Waals surface area contributed by atoms with E-state index in [1.807, 2.05) is 42.4 Å². The van der Waals surface area contributed by atoms with Crippen molar-refractivity contribution in [2.75, 3.05) is 73.6 Å². The molecule has 2 aromatic heterocycles. The summed E-state index contributed by atoms with van der Waals surface area (Å²) < 4.78 is 5.88. The molecule has 1 aromatic carbocycles. The average Bonchev–Trinajstić information content (AvgIpc) is 3.85. The second kappa shape index (κ2) is 13.8. The number of amides is 1. The highest BCUT2D eigenvalue weighted by Crippen LogP contribution is 2.41. The summed E-state index contributed by atoms with van der Waals surface area (Å²) in [4.78, 5) is 39.8. The Balaban J connectivity index is 1.08. The zero-order valence-corrected chi connectivity index (χ0v) is 27.4. The number of methoxy groups -OCH3 is 1. The van der Waals surface area contributed by atoms with E-state index in [2.05, 4.69) is 52.9 Å². The van der Waals surface area contributed by atoms with Crippen LogP contribution in [0.2, 0.25) is 0 Å². The summed E-state index contributed by atoms with van der Waals surface area (Å²) >= 11 is 0. The minimum Gasteiger partial charge on any atom is -0.494 e. The Morgan fingerprint density at radius 2 is 1.68 bits per heavy atom. The van der Waals surface area contributed by atoms with Gasteiger partial charge >= 0.3 is 0 Å². The molecule has 0 bridgehead atoms. The van der Waals surface area contributed by atoms with Gasteiger partial charge in [0.2, 0.25) is 5.91 Å². The van der Waals surface area contributed by atoms with E-state index >= 15 is 0 Å². The maximum atomic E-state index is 12.6. The summed E-state index contributed by atoms with van der Waals surface area (Å²) in [5.41, 5.74) is 4.34. The molecule has 4 fully saturated rings. The Morgan fingerprint density at radius 3 is 2.34 bits per heavy atom. The number of rotatable bonds is 10. The van der Waals surface area contributed by atoms with Crippen LogP contribution in [0.3, 0.4) is 0 Å². The van der Waals surface area contributed by atoms with Gasteiger partial charge in [0.1, 0.15) is 17.9 Å². The summed E-state index contributed by atoms with van der Waals surface area (Å²) in [7, 11) is 1.66. The topological polar surface area (TPSA) is 111 Å². The molecule has 1 aliphatic carbocycles. The van der Waals surface area contributed by atoms with Gasteiger partial charge in [-0.2, -0.15) is 0 Å². The van der Waals surface area contributed by atoms with Crippen LogP contribution in [-0.4, -0.2) is 95.7 Å². The number of aryl methyl sites for hydroxylation is 1. The number of benzene rings is 1. The Morgan fingerprint density at radius 1 is 0.936 bits per heavy atom. The van der Waals surface area contributed by atoms with Crippen LogP contribution in [0.4, 0.5) is 28.7 Å². The van der Waals surface area contributed by atoms with Crippen molar-refractivity contribution in [3.05, 3.63) is 66.8 Å². The molecular formula is C35H45N9O3. The Bertz CT molecular complexity index is 1560. The van der Waals surface area contributed by atoms with Gasteiger partial charge in [-0.3, -0.25) is 24.4 Å². The smallest absolute Gasteiger partial charge is 0.247 e. The number of hydrogen-bond donors (Lipinski definition) is 2. The standard InChI is InChI=1S/C35H45N9O3/c1-4-35(45)40-28-19-29(39-33-21-34(38-23-37-33)44-30(11-18-47-44)25-6-5-24(2)36-22-25)32(46-3)20-31(28)43-12-9-27(10-13-43)42-16-14-41(15-17-42)26-7-8-26/h4-6,19-23,26-27,30H,1,7-18H2,2-3H3,(H,40,45)(H,37,38,39). The van der Waals surface area contributed by atoms with E-state index in [4.69, 9.17) is 9.57 Å². The van der Waals surface area contributed by atoms with Gasteiger partial charge < -0.3 is 20.3 Å². The summed E-state index contributed by atoms with van der Waals surface area (Å²) in [6, 6.07) is 11.3. The molecule has 0 spiro atoms. The lowest BCUT2D eigenvalue weighted by Crippen LogP contribution is -2.53. The van der Waals surface area contributed by atoms with E-state index in [0.29, 0.717) is 41.4 Å². The molecule has 47 heavy (non-hydrogen) atoms. The highest BCUT2D eigenvalue weighted by Gasteiger charge is 2.34. The molecule has 12 heteroatoms. The molecule has 248 valence electrons. The van der Waals surface area contributed by atoms with Crippen LogP contribution in [0.5, 0.6) is 5.75 Å². The van der Waals surface area contributed by atoms with Gasteiger partial charge in [-0.1, -0.05) is 12.6 Å². The average molecular weight is 640 g/mol. The van der Waals surface area contributed by atoms with Crippen LogP contribution in [0.15, 0.2) is 55.5 Å². The van der Waals surface area contributed by atoms with E-state index in [0.717, 1.165) is 68.4 Å². The molecule has 3 aliphatic heterocycles. The Kier molecular flexibility index (Phi) is 9.23. The van der Waals surface area contributed by atoms with Crippen LogP contribution in [0, 0.1) is 6.92 Å². The molecular weight excluding hydrogens is 594 g/mol. The number of nitrogens with zero attached hydrogens (tertiary/aromatic N) is 7. The summed E-state index contributed by atoms with van der Waals surface area (Å²) in [6.45, 7) is 12.8. The van der Waals surface area contributed by atoms with E-state index in [9.17, 15) is 4.79 Å². The number of carbonyl (C=O) groups excluding carboxylic acids is 1. The molecule has 1 amide bonds. The van der Waals surface area contributed by atoms with Gasteiger partial charge in [-0.25, -0.2) is 15.0 Å². The van der Waals surface area contributed by atoms with Gasteiger partial charge in [0.05, 0.1) is 36.8 Å². The number of piperidine rings is 1. The van der Waals surface area contributed by atoms with E-state index in [-0.39, 0.29) is 11.9 Å². The number of hydrogen-bond acceptors (Lipinski definition) is 11. The maximum absolute atomic E-state index is 12.6. The first-order valence-electron chi connectivity index (χ1n) is 16.8. The second-order valence-corrected chi connectivity index (χ2v) is 12.9. The Labute approximate surface area is 276 Å². The molecule has 5 heterocycles. The first kappa shape index (κ1) is 31.3. The zero-order valence-electron chi connectivity index (χ0n) is 27.4. The fourth-order valence-electron chi connectivity index (χ4n) is 7.11. The van der Waals surface area contributed by atoms with Gasteiger partial charge in [0.25, 0.3) is 0 Å². The van der Waals surface area contributed by atoms with E-state index in [1.165, 1.54) is 38.3 Å². The lowest BCUT2D eigenvalue weighted by molar-refractivity contribution is -0.111. The maximum Gasteiger partial charge on any atom is 0.247 e. The molecule has 3 aromatic rings. The third kappa shape index (κ3) is 7.04. The monoisotopic (exact) mass is 639 g/mol. The number of carbonyl (C=O) groups is 1. The fraction of sp³-hybridized carbons (Fsp3) is 0.486.